The molecule has 0 aromatic carbocycles. The number of carbonyl (C=O) groups is 1. The third-order valence-corrected chi connectivity index (χ3v) is 3.53. The van der Waals surface area contributed by atoms with E-state index in [1.54, 1.807) is 0 Å². The average Bonchev–Trinajstić information content (AvgIpc) is 2.18. The van der Waals surface area contributed by atoms with Crippen molar-refractivity contribution in [3.05, 3.63) is 0 Å². The lowest BCUT2D eigenvalue weighted by Crippen LogP contribution is -2.50. The standard InChI is InChI=1S/C11H18F2N2O/c1-15-4-2-9(3-5-15)14-10(16)8-6-11(12,13)7-8/h8-9H,2-7H2,1H3,(H,14,16). The topological polar surface area (TPSA) is 32.3 Å². The Morgan fingerprint density at radius 1 is 1.31 bits per heavy atom. The van der Waals surface area contributed by atoms with Crippen LogP contribution >= 0.6 is 0 Å². The number of carbonyl (C=O) groups excluding carboxylic acids is 1. The monoisotopic (exact) mass is 232 g/mol. The van der Waals surface area contributed by atoms with Crippen LogP contribution in [0.25, 0.3) is 0 Å². The van der Waals surface area contributed by atoms with Gasteiger partial charge in [-0.1, -0.05) is 0 Å². The molecular weight excluding hydrogens is 214 g/mol. The molecule has 2 aliphatic rings. The van der Waals surface area contributed by atoms with Crippen molar-refractivity contribution in [3.63, 3.8) is 0 Å². The Kier molecular flexibility index (Phi) is 3.15. The molecule has 16 heavy (non-hydrogen) atoms. The quantitative estimate of drug-likeness (QED) is 0.777. The fourth-order valence-corrected chi connectivity index (χ4v) is 2.32. The maximum Gasteiger partial charge on any atom is 0.249 e. The minimum absolute atomic E-state index is 0.179. The van der Waals surface area contributed by atoms with Gasteiger partial charge in [0.15, 0.2) is 0 Å². The van der Waals surface area contributed by atoms with Crippen molar-refractivity contribution in [1.82, 2.24) is 10.2 Å². The van der Waals surface area contributed by atoms with Crippen molar-refractivity contribution in [2.24, 2.45) is 5.92 Å². The van der Waals surface area contributed by atoms with Gasteiger partial charge in [-0.3, -0.25) is 4.79 Å². The SMILES string of the molecule is CN1CCC(NC(=O)C2CC(F)(F)C2)CC1. The third kappa shape index (κ3) is 2.70. The van der Waals surface area contributed by atoms with Gasteiger partial charge in [0, 0.05) is 24.8 Å². The van der Waals surface area contributed by atoms with Gasteiger partial charge >= 0.3 is 0 Å². The van der Waals surface area contributed by atoms with Crippen molar-refractivity contribution in [1.29, 1.82) is 0 Å². The highest BCUT2D eigenvalue weighted by Gasteiger charge is 2.48. The number of nitrogens with zero attached hydrogens (tertiary/aromatic N) is 1. The average molecular weight is 232 g/mol. The van der Waals surface area contributed by atoms with E-state index in [2.05, 4.69) is 10.2 Å². The molecule has 1 heterocycles. The van der Waals surface area contributed by atoms with Crippen molar-refractivity contribution in [3.8, 4) is 0 Å². The Labute approximate surface area is 94.2 Å². The van der Waals surface area contributed by atoms with Crippen LogP contribution < -0.4 is 5.32 Å². The number of rotatable bonds is 2. The second-order valence-corrected chi connectivity index (χ2v) is 5.05. The number of likely N-dealkylation sites (tertiary alicyclic amines) is 1. The highest BCUT2D eigenvalue weighted by Crippen LogP contribution is 2.42. The molecule has 0 radical (unpaired) electrons. The summed E-state index contributed by atoms with van der Waals surface area (Å²) in [4.78, 5) is 13.8. The summed E-state index contributed by atoms with van der Waals surface area (Å²) in [6.07, 6.45) is 1.30. The Bertz CT molecular complexity index is 267. The maximum absolute atomic E-state index is 12.6. The van der Waals surface area contributed by atoms with E-state index in [9.17, 15) is 13.6 Å². The minimum atomic E-state index is -2.60. The van der Waals surface area contributed by atoms with E-state index in [4.69, 9.17) is 0 Å². The van der Waals surface area contributed by atoms with E-state index >= 15 is 0 Å². The first-order valence-electron chi connectivity index (χ1n) is 5.83. The fraction of sp³-hybridized carbons (Fsp3) is 0.909. The number of amides is 1. The second kappa shape index (κ2) is 4.28. The molecule has 2 fully saturated rings. The molecule has 0 atom stereocenters. The van der Waals surface area contributed by atoms with Crippen LogP contribution in [-0.2, 0) is 4.79 Å². The normalized spacial score (nSPS) is 27.4. The first-order chi connectivity index (χ1) is 7.46. The summed E-state index contributed by atoms with van der Waals surface area (Å²) >= 11 is 0. The molecule has 1 saturated carbocycles. The zero-order valence-electron chi connectivity index (χ0n) is 9.51. The molecule has 1 aliphatic heterocycles. The molecule has 3 nitrogen and oxygen atoms in total. The van der Waals surface area contributed by atoms with Crippen LogP contribution in [-0.4, -0.2) is 42.9 Å². The molecule has 1 aliphatic carbocycles. The van der Waals surface area contributed by atoms with Crippen molar-refractivity contribution >= 4 is 5.91 Å². The summed E-state index contributed by atoms with van der Waals surface area (Å²) in [5, 5.41) is 2.88. The maximum atomic E-state index is 12.6. The van der Waals surface area contributed by atoms with Crippen LogP contribution in [0.4, 0.5) is 8.78 Å². The molecule has 0 bridgehead atoms. The zero-order valence-corrected chi connectivity index (χ0v) is 9.51. The Morgan fingerprint density at radius 2 is 1.88 bits per heavy atom. The largest absolute Gasteiger partial charge is 0.353 e. The van der Waals surface area contributed by atoms with Gasteiger partial charge in [-0.05, 0) is 33.0 Å². The lowest BCUT2D eigenvalue weighted by molar-refractivity contribution is -0.151. The van der Waals surface area contributed by atoms with Gasteiger partial charge in [0.25, 0.3) is 0 Å². The zero-order chi connectivity index (χ0) is 11.8. The van der Waals surface area contributed by atoms with Gasteiger partial charge < -0.3 is 10.2 Å². The number of hydrogen-bond acceptors (Lipinski definition) is 2. The van der Waals surface area contributed by atoms with Crippen LogP contribution in [0.15, 0.2) is 0 Å². The predicted octanol–water partition coefficient (Wildman–Crippen LogP) is 1.24. The van der Waals surface area contributed by atoms with Crippen LogP contribution in [0.5, 0.6) is 0 Å². The number of nitrogens with one attached hydrogen (secondary N) is 1. The molecule has 2 rings (SSSR count). The van der Waals surface area contributed by atoms with Crippen LogP contribution in [0.2, 0.25) is 0 Å². The van der Waals surface area contributed by atoms with Gasteiger partial charge in [0.05, 0.1) is 0 Å². The number of hydrogen-bond donors (Lipinski definition) is 1. The predicted molar refractivity (Wildman–Crippen MR) is 56.3 cm³/mol. The summed E-state index contributed by atoms with van der Waals surface area (Å²) in [6.45, 7) is 1.93. The van der Waals surface area contributed by atoms with E-state index in [1.807, 2.05) is 7.05 Å². The highest BCUT2D eigenvalue weighted by atomic mass is 19.3. The van der Waals surface area contributed by atoms with Crippen molar-refractivity contribution in [2.75, 3.05) is 20.1 Å². The molecule has 0 aromatic heterocycles. The van der Waals surface area contributed by atoms with Gasteiger partial charge in [0.2, 0.25) is 11.8 Å². The van der Waals surface area contributed by atoms with E-state index < -0.39 is 11.8 Å². The Hall–Kier alpha value is -0.710. The number of alkyl halides is 2. The first-order valence-corrected chi connectivity index (χ1v) is 5.83. The van der Waals surface area contributed by atoms with Gasteiger partial charge in [-0.2, -0.15) is 0 Å². The van der Waals surface area contributed by atoms with E-state index in [0.717, 1.165) is 25.9 Å². The third-order valence-electron chi connectivity index (χ3n) is 3.53. The molecule has 1 saturated heterocycles. The van der Waals surface area contributed by atoms with Crippen LogP contribution in [0.1, 0.15) is 25.7 Å². The molecule has 0 unspecified atom stereocenters. The minimum Gasteiger partial charge on any atom is -0.353 e. The van der Waals surface area contributed by atoms with E-state index in [-0.39, 0.29) is 24.8 Å². The molecule has 92 valence electrons. The first kappa shape index (κ1) is 11.8. The lowest BCUT2D eigenvalue weighted by atomic mass is 9.80. The van der Waals surface area contributed by atoms with Crippen LogP contribution in [0, 0.1) is 5.92 Å². The Balaban J connectivity index is 1.72. The number of halogens is 2. The van der Waals surface area contributed by atoms with Crippen molar-refractivity contribution in [2.45, 2.75) is 37.6 Å². The van der Waals surface area contributed by atoms with Gasteiger partial charge in [0.1, 0.15) is 0 Å². The summed E-state index contributed by atoms with van der Waals surface area (Å²) in [7, 11) is 2.05. The number of piperidine rings is 1. The smallest absolute Gasteiger partial charge is 0.249 e. The molecule has 1 amide bonds. The molecule has 1 N–H and O–H groups in total. The summed E-state index contributed by atoms with van der Waals surface area (Å²) in [6, 6.07) is 0.179. The lowest BCUT2D eigenvalue weighted by Gasteiger charge is -2.36. The molecule has 0 spiro atoms. The molecular formula is C11H18F2N2O. The molecule has 0 aromatic rings. The van der Waals surface area contributed by atoms with E-state index in [0.29, 0.717) is 0 Å². The van der Waals surface area contributed by atoms with Crippen molar-refractivity contribution < 1.29 is 13.6 Å². The second-order valence-electron chi connectivity index (χ2n) is 5.05. The van der Waals surface area contributed by atoms with Gasteiger partial charge in [-0.15, -0.1) is 0 Å². The van der Waals surface area contributed by atoms with E-state index in [1.165, 1.54) is 0 Å². The summed E-state index contributed by atoms with van der Waals surface area (Å²) < 4.78 is 25.2. The van der Waals surface area contributed by atoms with Gasteiger partial charge in [-0.25, -0.2) is 8.78 Å². The fourth-order valence-electron chi connectivity index (χ4n) is 2.32. The molecule has 5 heteroatoms. The summed E-state index contributed by atoms with van der Waals surface area (Å²) in [5.74, 6) is -3.25. The van der Waals surface area contributed by atoms with Crippen LogP contribution in [0.3, 0.4) is 0 Å². The summed E-state index contributed by atoms with van der Waals surface area (Å²) in [5.41, 5.74) is 0. The highest BCUT2D eigenvalue weighted by molar-refractivity contribution is 5.80. The Morgan fingerprint density at radius 3 is 2.38 bits per heavy atom.